The van der Waals surface area contributed by atoms with Gasteiger partial charge in [0.25, 0.3) is 0 Å². The molecule has 0 bridgehead atoms. The van der Waals surface area contributed by atoms with Gasteiger partial charge >= 0.3 is 12.3 Å². The molecule has 0 heterocycles. The summed E-state index contributed by atoms with van der Waals surface area (Å²) in [6.45, 7) is 3.05. The van der Waals surface area contributed by atoms with Crippen molar-refractivity contribution in [1.82, 2.24) is 5.32 Å². The van der Waals surface area contributed by atoms with Crippen molar-refractivity contribution < 1.29 is 32.2 Å². The first kappa shape index (κ1) is 17.8. The molecule has 0 fully saturated rings. The fourth-order valence-corrected chi connectivity index (χ4v) is 1.74. The molecule has 1 aromatic carbocycles. The van der Waals surface area contributed by atoms with Crippen molar-refractivity contribution >= 4 is 11.9 Å². The van der Waals surface area contributed by atoms with Gasteiger partial charge in [-0.15, -0.1) is 13.2 Å². The van der Waals surface area contributed by atoms with E-state index in [1.54, 1.807) is 6.92 Å². The molecule has 1 amide bonds. The molecule has 8 heteroatoms. The second kappa shape index (κ2) is 7.67. The SMILES string of the molecule is CCOC(=O)[C@@H](Cc1ccc(OC(F)(F)F)cc1)NC(C)=O. The van der Waals surface area contributed by atoms with E-state index in [9.17, 15) is 22.8 Å². The molecule has 5 nitrogen and oxygen atoms in total. The summed E-state index contributed by atoms with van der Waals surface area (Å²) < 4.78 is 44.8. The van der Waals surface area contributed by atoms with E-state index >= 15 is 0 Å². The molecule has 0 aliphatic carbocycles. The number of rotatable bonds is 6. The van der Waals surface area contributed by atoms with Gasteiger partial charge in [-0.2, -0.15) is 0 Å². The first-order chi connectivity index (χ1) is 10.2. The first-order valence-corrected chi connectivity index (χ1v) is 6.49. The minimum absolute atomic E-state index is 0.102. The number of benzene rings is 1. The molecule has 22 heavy (non-hydrogen) atoms. The van der Waals surface area contributed by atoms with Gasteiger partial charge in [-0.05, 0) is 24.6 Å². The van der Waals surface area contributed by atoms with Crippen molar-refractivity contribution in [2.24, 2.45) is 0 Å². The van der Waals surface area contributed by atoms with Crippen LogP contribution in [-0.4, -0.2) is 30.9 Å². The van der Waals surface area contributed by atoms with Crippen molar-refractivity contribution in [3.8, 4) is 5.75 Å². The van der Waals surface area contributed by atoms with E-state index in [2.05, 4.69) is 10.1 Å². The number of hydrogen-bond acceptors (Lipinski definition) is 4. The number of carbonyl (C=O) groups is 2. The lowest BCUT2D eigenvalue weighted by Gasteiger charge is -2.16. The van der Waals surface area contributed by atoms with Crippen molar-refractivity contribution in [3.05, 3.63) is 29.8 Å². The van der Waals surface area contributed by atoms with Crippen molar-refractivity contribution in [3.63, 3.8) is 0 Å². The van der Waals surface area contributed by atoms with Gasteiger partial charge in [0.2, 0.25) is 5.91 Å². The maximum atomic E-state index is 12.1. The Hall–Kier alpha value is -2.25. The Bertz CT molecular complexity index is 514. The normalized spacial score (nSPS) is 12.4. The third kappa shape index (κ3) is 6.47. The highest BCUT2D eigenvalue weighted by Gasteiger charge is 2.31. The molecule has 0 spiro atoms. The quantitative estimate of drug-likeness (QED) is 0.817. The zero-order chi connectivity index (χ0) is 16.8. The van der Waals surface area contributed by atoms with E-state index in [1.165, 1.54) is 19.1 Å². The number of nitrogens with one attached hydrogen (secondary N) is 1. The molecule has 0 unspecified atom stereocenters. The largest absolute Gasteiger partial charge is 0.573 e. The van der Waals surface area contributed by atoms with Gasteiger partial charge in [0, 0.05) is 13.3 Å². The maximum Gasteiger partial charge on any atom is 0.573 e. The Kier molecular flexibility index (Phi) is 6.21. The summed E-state index contributed by atoms with van der Waals surface area (Å²) >= 11 is 0. The molecule has 1 N–H and O–H groups in total. The topological polar surface area (TPSA) is 64.6 Å². The molecule has 1 atom stereocenters. The van der Waals surface area contributed by atoms with Crippen LogP contribution in [0.3, 0.4) is 0 Å². The highest BCUT2D eigenvalue weighted by atomic mass is 19.4. The molecule has 1 rings (SSSR count). The van der Waals surface area contributed by atoms with E-state index in [1.807, 2.05) is 0 Å². The standard InChI is InChI=1S/C14H16F3NO4/c1-3-21-13(20)12(18-9(2)19)8-10-4-6-11(7-5-10)22-14(15,16)17/h4-7,12H,3,8H2,1-2H3,(H,18,19)/t12-/m1/s1. The van der Waals surface area contributed by atoms with E-state index in [0.717, 1.165) is 12.1 Å². The minimum atomic E-state index is -4.76. The first-order valence-electron chi connectivity index (χ1n) is 6.49. The van der Waals surface area contributed by atoms with Gasteiger partial charge in [-0.25, -0.2) is 4.79 Å². The highest BCUT2D eigenvalue weighted by molar-refractivity contribution is 5.83. The zero-order valence-electron chi connectivity index (χ0n) is 12.1. The van der Waals surface area contributed by atoms with Crippen molar-refractivity contribution in [2.45, 2.75) is 32.7 Å². The molecule has 0 aromatic heterocycles. The molecule has 0 saturated carbocycles. The van der Waals surface area contributed by atoms with Crippen LogP contribution in [0.4, 0.5) is 13.2 Å². The Morgan fingerprint density at radius 2 is 1.82 bits per heavy atom. The minimum Gasteiger partial charge on any atom is -0.464 e. The number of alkyl halides is 3. The van der Waals surface area contributed by atoms with Gasteiger partial charge in [0.05, 0.1) is 6.61 Å². The lowest BCUT2D eigenvalue weighted by atomic mass is 10.1. The summed E-state index contributed by atoms with van der Waals surface area (Å²) in [6.07, 6.45) is -4.66. The zero-order valence-corrected chi connectivity index (χ0v) is 12.1. The van der Waals surface area contributed by atoms with Crippen LogP contribution in [-0.2, 0) is 20.7 Å². The monoisotopic (exact) mass is 319 g/mol. The van der Waals surface area contributed by atoms with E-state index in [-0.39, 0.29) is 18.8 Å². The number of esters is 1. The number of halogens is 3. The summed E-state index contributed by atoms with van der Waals surface area (Å²) in [5.74, 6) is -1.37. The molecule has 0 aliphatic heterocycles. The van der Waals surface area contributed by atoms with Crippen LogP contribution < -0.4 is 10.1 Å². The highest BCUT2D eigenvalue weighted by Crippen LogP contribution is 2.23. The predicted octanol–water partition coefficient (Wildman–Crippen LogP) is 2.20. The Morgan fingerprint density at radius 1 is 1.23 bits per heavy atom. The molecule has 1 aromatic rings. The predicted molar refractivity (Wildman–Crippen MR) is 71.1 cm³/mol. The molecule has 0 radical (unpaired) electrons. The molecular formula is C14H16F3NO4. The maximum absolute atomic E-state index is 12.1. The van der Waals surface area contributed by atoms with Gasteiger partial charge < -0.3 is 14.8 Å². The number of carbonyl (C=O) groups excluding carboxylic acids is 2. The third-order valence-corrected chi connectivity index (χ3v) is 2.55. The number of ether oxygens (including phenoxy) is 2. The van der Waals surface area contributed by atoms with Crippen LogP contribution in [0.15, 0.2) is 24.3 Å². The van der Waals surface area contributed by atoms with Gasteiger partial charge in [-0.3, -0.25) is 4.79 Å². The molecule has 122 valence electrons. The summed E-state index contributed by atoms with van der Waals surface area (Å²) in [5, 5.41) is 2.44. The van der Waals surface area contributed by atoms with Crippen LogP contribution in [0.5, 0.6) is 5.75 Å². The van der Waals surface area contributed by atoms with E-state index < -0.39 is 24.3 Å². The van der Waals surface area contributed by atoms with E-state index in [0.29, 0.717) is 5.56 Å². The van der Waals surface area contributed by atoms with Crippen LogP contribution in [0.2, 0.25) is 0 Å². The average molecular weight is 319 g/mol. The fourth-order valence-electron chi connectivity index (χ4n) is 1.74. The fraction of sp³-hybridized carbons (Fsp3) is 0.429. The van der Waals surface area contributed by atoms with Gasteiger partial charge in [0.15, 0.2) is 0 Å². The van der Waals surface area contributed by atoms with Crippen molar-refractivity contribution in [1.29, 1.82) is 0 Å². The van der Waals surface area contributed by atoms with Crippen LogP contribution >= 0.6 is 0 Å². The summed E-state index contributed by atoms with van der Waals surface area (Å²) in [4.78, 5) is 22.8. The molecule has 0 aliphatic rings. The van der Waals surface area contributed by atoms with Crippen LogP contribution in [0.1, 0.15) is 19.4 Å². The molecule has 0 saturated heterocycles. The summed E-state index contributed by atoms with van der Waals surface area (Å²) in [7, 11) is 0. The Balaban J connectivity index is 2.76. The Morgan fingerprint density at radius 3 is 2.27 bits per heavy atom. The van der Waals surface area contributed by atoms with Crippen LogP contribution in [0.25, 0.3) is 0 Å². The molecular weight excluding hydrogens is 303 g/mol. The summed E-state index contributed by atoms with van der Waals surface area (Å²) in [5.41, 5.74) is 0.557. The van der Waals surface area contributed by atoms with Gasteiger partial charge in [-0.1, -0.05) is 12.1 Å². The lowest BCUT2D eigenvalue weighted by Crippen LogP contribution is -2.42. The Labute approximate surface area is 125 Å². The van der Waals surface area contributed by atoms with Gasteiger partial charge in [0.1, 0.15) is 11.8 Å². The second-order valence-electron chi connectivity index (χ2n) is 4.40. The summed E-state index contributed by atoms with van der Waals surface area (Å²) in [6, 6.07) is 4.15. The van der Waals surface area contributed by atoms with Crippen LogP contribution in [0, 0.1) is 0 Å². The number of amides is 1. The lowest BCUT2D eigenvalue weighted by molar-refractivity contribution is -0.274. The number of hydrogen-bond donors (Lipinski definition) is 1. The third-order valence-electron chi connectivity index (χ3n) is 2.55. The smallest absolute Gasteiger partial charge is 0.464 e. The average Bonchev–Trinajstić information content (AvgIpc) is 2.38. The second-order valence-corrected chi connectivity index (χ2v) is 4.40. The van der Waals surface area contributed by atoms with E-state index in [4.69, 9.17) is 4.74 Å². The van der Waals surface area contributed by atoms with Crippen molar-refractivity contribution in [2.75, 3.05) is 6.61 Å².